The van der Waals surface area contributed by atoms with Gasteiger partial charge in [0, 0.05) is 4.90 Å². The van der Waals surface area contributed by atoms with Gasteiger partial charge in [-0.25, -0.2) is 4.39 Å². The third-order valence-corrected chi connectivity index (χ3v) is 2.12. The van der Waals surface area contributed by atoms with Gasteiger partial charge in [-0.1, -0.05) is 11.6 Å². The van der Waals surface area contributed by atoms with Crippen molar-refractivity contribution in [3.05, 3.63) is 23.0 Å². The predicted molar refractivity (Wildman–Crippen MR) is 45.2 cm³/mol. The van der Waals surface area contributed by atoms with E-state index in [9.17, 15) is 4.39 Å². The highest BCUT2D eigenvalue weighted by molar-refractivity contribution is 7.80. The molecular weight excluding hydrogens is 187 g/mol. The van der Waals surface area contributed by atoms with Crippen LogP contribution in [0, 0.1) is 5.82 Å². The molecule has 11 heavy (non-hydrogen) atoms. The molecule has 0 aliphatic heterocycles. The first-order chi connectivity index (χ1) is 5.16. The second-order valence-electron chi connectivity index (χ2n) is 1.91. The van der Waals surface area contributed by atoms with Crippen molar-refractivity contribution in [2.24, 2.45) is 0 Å². The van der Waals surface area contributed by atoms with E-state index in [0.29, 0.717) is 4.90 Å². The van der Waals surface area contributed by atoms with Gasteiger partial charge >= 0.3 is 0 Å². The molecule has 4 heteroatoms. The molecule has 0 spiro atoms. The van der Waals surface area contributed by atoms with Crippen LogP contribution in [-0.4, -0.2) is 7.11 Å². The maximum absolute atomic E-state index is 13.0. The van der Waals surface area contributed by atoms with E-state index >= 15 is 0 Å². The standard InChI is InChI=1S/C7H6ClFOS/c1-10-4-2-3-5(11)6(8)7(4)9/h2-3,11H,1H3. The minimum absolute atomic E-state index is 0.00677. The van der Waals surface area contributed by atoms with Gasteiger partial charge in [-0.05, 0) is 12.1 Å². The number of methoxy groups -OCH3 is 1. The highest BCUT2D eigenvalue weighted by atomic mass is 35.5. The van der Waals surface area contributed by atoms with E-state index in [2.05, 4.69) is 17.4 Å². The number of benzene rings is 1. The molecule has 0 atom stereocenters. The van der Waals surface area contributed by atoms with E-state index in [4.69, 9.17) is 11.6 Å². The summed E-state index contributed by atoms with van der Waals surface area (Å²) in [4.78, 5) is 0.407. The smallest absolute Gasteiger partial charge is 0.184 e. The van der Waals surface area contributed by atoms with Crippen molar-refractivity contribution in [1.29, 1.82) is 0 Å². The van der Waals surface area contributed by atoms with Crippen molar-refractivity contribution < 1.29 is 9.13 Å². The van der Waals surface area contributed by atoms with E-state index in [0.717, 1.165) is 0 Å². The average Bonchev–Trinajstić information content (AvgIpc) is 2.01. The molecule has 0 saturated heterocycles. The summed E-state index contributed by atoms with van der Waals surface area (Å²) < 4.78 is 17.6. The molecule has 0 N–H and O–H groups in total. The van der Waals surface area contributed by atoms with Gasteiger partial charge in [-0.15, -0.1) is 12.6 Å². The Labute approximate surface area is 74.5 Å². The van der Waals surface area contributed by atoms with Crippen molar-refractivity contribution in [3.8, 4) is 5.75 Å². The average molecular weight is 193 g/mol. The van der Waals surface area contributed by atoms with Gasteiger partial charge in [0.1, 0.15) is 0 Å². The Kier molecular flexibility index (Phi) is 2.62. The molecule has 0 unspecified atom stereocenters. The molecule has 60 valence electrons. The largest absolute Gasteiger partial charge is 0.494 e. The van der Waals surface area contributed by atoms with Crippen molar-refractivity contribution in [3.63, 3.8) is 0 Å². The second-order valence-corrected chi connectivity index (χ2v) is 2.77. The summed E-state index contributed by atoms with van der Waals surface area (Å²) in [5.74, 6) is -0.436. The summed E-state index contributed by atoms with van der Waals surface area (Å²) in [6.45, 7) is 0. The van der Waals surface area contributed by atoms with Crippen LogP contribution < -0.4 is 4.74 Å². The zero-order valence-corrected chi connectivity index (χ0v) is 7.42. The van der Waals surface area contributed by atoms with Gasteiger partial charge in [0.2, 0.25) is 0 Å². The molecule has 0 aliphatic carbocycles. The molecule has 0 aliphatic rings. The third kappa shape index (κ3) is 1.60. The fraction of sp³-hybridized carbons (Fsp3) is 0.143. The molecule has 0 amide bonds. The maximum atomic E-state index is 13.0. The maximum Gasteiger partial charge on any atom is 0.184 e. The summed E-state index contributed by atoms with van der Waals surface area (Å²) in [7, 11) is 1.38. The number of thiol groups is 1. The zero-order chi connectivity index (χ0) is 8.43. The van der Waals surface area contributed by atoms with Crippen LogP contribution in [0.25, 0.3) is 0 Å². The SMILES string of the molecule is COc1ccc(S)c(Cl)c1F. The summed E-state index contributed by atoms with van der Waals surface area (Å²) in [5.41, 5.74) is 0. The van der Waals surface area contributed by atoms with E-state index in [1.807, 2.05) is 0 Å². The summed E-state index contributed by atoms with van der Waals surface area (Å²) in [6.07, 6.45) is 0. The van der Waals surface area contributed by atoms with Crippen LogP contribution in [0.1, 0.15) is 0 Å². The lowest BCUT2D eigenvalue weighted by Gasteiger charge is -2.03. The monoisotopic (exact) mass is 192 g/mol. The van der Waals surface area contributed by atoms with Crippen molar-refractivity contribution in [1.82, 2.24) is 0 Å². The fourth-order valence-corrected chi connectivity index (χ4v) is 1.01. The number of rotatable bonds is 1. The van der Waals surface area contributed by atoms with Crippen LogP contribution in [-0.2, 0) is 0 Å². The molecule has 1 nitrogen and oxygen atoms in total. The number of hydrogen-bond donors (Lipinski definition) is 1. The summed E-state index contributed by atoms with van der Waals surface area (Å²) in [6, 6.07) is 3.05. The summed E-state index contributed by atoms with van der Waals surface area (Å²) >= 11 is 9.46. The fourth-order valence-electron chi connectivity index (χ4n) is 0.679. The van der Waals surface area contributed by atoms with Crippen LogP contribution in [0.15, 0.2) is 17.0 Å². The van der Waals surface area contributed by atoms with E-state index in [1.54, 1.807) is 6.07 Å². The molecule has 1 rings (SSSR count). The molecule has 1 aromatic carbocycles. The predicted octanol–water partition coefficient (Wildman–Crippen LogP) is 2.78. The topological polar surface area (TPSA) is 9.23 Å². The van der Waals surface area contributed by atoms with Gasteiger partial charge in [0.25, 0.3) is 0 Å². The minimum Gasteiger partial charge on any atom is -0.494 e. The Morgan fingerprint density at radius 3 is 2.73 bits per heavy atom. The van der Waals surface area contributed by atoms with Gasteiger partial charge < -0.3 is 4.74 Å². The Bertz CT molecular complexity index is 277. The number of ether oxygens (including phenoxy) is 1. The molecule has 0 radical (unpaired) electrons. The van der Waals surface area contributed by atoms with Crippen LogP contribution in [0.5, 0.6) is 5.75 Å². The molecule has 0 aromatic heterocycles. The van der Waals surface area contributed by atoms with Crippen LogP contribution >= 0.6 is 24.2 Å². The number of hydrogen-bond acceptors (Lipinski definition) is 2. The van der Waals surface area contributed by atoms with Gasteiger partial charge in [-0.2, -0.15) is 0 Å². The zero-order valence-electron chi connectivity index (χ0n) is 5.77. The van der Waals surface area contributed by atoms with Crippen LogP contribution in [0.4, 0.5) is 4.39 Å². The molecular formula is C7H6ClFOS. The Hall–Kier alpha value is -0.410. The molecule has 0 heterocycles. The molecule has 0 saturated carbocycles. The highest BCUT2D eigenvalue weighted by Gasteiger charge is 2.08. The Morgan fingerprint density at radius 2 is 2.18 bits per heavy atom. The van der Waals surface area contributed by atoms with Crippen molar-refractivity contribution in [2.75, 3.05) is 7.11 Å². The van der Waals surface area contributed by atoms with Crippen molar-refractivity contribution >= 4 is 24.2 Å². The lowest BCUT2D eigenvalue weighted by Crippen LogP contribution is -1.88. The van der Waals surface area contributed by atoms with E-state index in [1.165, 1.54) is 13.2 Å². The molecule has 0 bridgehead atoms. The molecule has 1 aromatic rings. The third-order valence-electron chi connectivity index (χ3n) is 1.25. The quantitative estimate of drug-likeness (QED) is 0.674. The molecule has 0 fully saturated rings. The van der Waals surface area contributed by atoms with Crippen LogP contribution in [0.3, 0.4) is 0 Å². The number of halogens is 2. The van der Waals surface area contributed by atoms with E-state index < -0.39 is 5.82 Å². The van der Waals surface area contributed by atoms with Gasteiger partial charge in [0.15, 0.2) is 11.6 Å². The van der Waals surface area contributed by atoms with Gasteiger partial charge in [-0.3, -0.25) is 0 Å². The Morgan fingerprint density at radius 1 is 1.55 bits per heavy atom. The minimum atomic E-state index is -0.568. The van der Waals surface area contributed by atoms with Crippen LogP contribution in [0.2, 0.25) is 5.02 Å². The normalized spacial score (nSPS) is 9.82. The first kappa shape index (κ1) is 8.68. The Balaban J connectivity index is 3.25. The second kappa shape index (κ2) is 3.32. The van der Waals surface area contributed by atoms with Gasteiger partial charge in [0.05, 0.1) is 12.1 Å². The lowest BCUT2D eigenvalue weighted by atomic mass is 10.3. The highest BCUT2D eigenvalue weighted by Crippen LogP contribution is 2.29. The first-order valence-electron chi connectivity index (χ1n) is 2.87. The van der Waals surface area contributed by atoms with E-state index in [-0.39, 0.29) is 10.8 Å². The lowest BCUT2D eigenvalue weighted by molar-refractivity contribution is 0.386. The summed E-state index contributed by atoms with van der Waals surface area (Å²) in [5, 5.41) is -0.00677. The first-order valence-corrected chi connectivity index (χ1v) is 3.70. The van der Waals surface area contributed by atoms with Crippen molar-refractivity contribution in [2.45, 2.75) is 4.90 Å².